The summed E-state index contributed by atoms with van der Waals surface area (Å²) in [5, 5.41) is 0. The number of carbonyl (C=O) groups excluding carboxylic acids is 1. The summed E-state index contributed by atoms with van der Waals surface area (Å²) < 4.78 is 38.5. The summed E-state index contributed by atoms with van der Waals surface area (Å²) in [6.45, 7) is 2.08. The largest absolute Gasteiger partial charge is 0.381 e. The monoisotopic (exact) mass is 464 g/mol. The first-order chi connectivity index (χ1) is 15.4. The van der Waals surface area contributed by atoms with Gasteiger partial charge in [-0.25, -0.2) is 13.1 Å². The summed E-state index contributed by atoms with van der Waals surface area (Å²) in [6.07, 6.45) is 7.72. The highest BCUT2D eigenvalue weighted by molar-refractivity contribution is 7.88. The topological polar surface area (TPSA) is 84.9 Å². The molecule has 0 unspecified atom stereocenters. The van der Waals surface area contributed by atoms with Crippen LogP contribution in [0.4, 0.5) is 0 Å². The van der Waals surface area contributed by atoms with Gasteiger partial charge in [-0.1, -0.05) is 30.3 Å². The van der Waals surface area contributed by atoms with Gasteiger partial charge in [-0.15, -0.1) is 0 Å². The van der Waals surface area contributed by atoms with Gasteiger partial charge in [0.1, 0.15) is 0 Å². The molecular weight excluding hydrogens is 428 g/mol. The minimum Gasteiger partial charge on any atom is -0.381 e. The van der Waals surface area contributed by atoms with Crippen molar-refractivity contribution in [3.63, 3.8) is 0 Å². The van der Waals surface area contributed by atoms with Crippen molar-refractivity contribution in [3.05, 3.63) is 35.9 Å². The maximum Gasteiger partial charge on any atom is 0.228 e. The first-order valence-electron chi connectivity index (χ1n) is 11.9. The zero-order chi connectivity index (χ0) is 22.6. The lowest BCUT2D eigenvalue weighted by atomic mass is 9.83. The fraction of sp³-hybridized carbons (Fsp3) is 0.708. The summed E-state index contributed by atoms with van der Waals surface area (Å²) in [5.41, 5.74) is 1.39. The molecule has 4 rings (SSSR count). The Morgan fingerprint density at radius 1 is 1.12 bits per heavy atom. The lowest BCUT2D eigenvalue weighted by Gasteiger charge is -2.43. The van der Waals surface area contributed by atoms with Crippen LogP contribution in [0, 0.1) is 5.92 Å². The first-order valence-corrected chi connectivity index (χ1v) is 13.8. The second-order valence-electron chi connectivity index (χ2n) is 9.52. The number of sulfonamides is 1. The minimum absolute atomic E-state index is 0.0730. The van der Waals surface area contributed by atoms with Gasteiger partial charge in [0, 0.05) is 19.2 Å². The maximum atomic E-state index is 13.2. The van der Waals surface area contributed by atoms with Gasteiger partial charge in [0.05, 0.1) is 37.5 Å². The lowest BCUT2D eigenvalue weighted by Crippen LogP contribution is -2.60. The molecule has 1 aromatic carbocycles. The van der Waals surface area contributed by atoms with Crippen LogP contribution in [0.15, 0.2) is 30.3 Å². The van der Waals surface area contributed by atoms with E-state index in [0.29, 0.717) is 38.7 Å². The third-order valence-corrected chi connectivity index (χ3v) is 7.89. The quantitative estimate of drug-likeness (QED) is 0.671. The predicted molar refractivity (Wildman–Crippen MR) is 123 cm³/mol. The van der Waals surface area contributed by atoms with E-state index in [2.05, 4.69) is 29.0 Å². The molecule has 3 fully saturated rings. The average Bonchev–Trinajstić information content (AvgIpc) is 3.32. The highest BCUT2D eigenvalue weighted by atomic mass is 32.2. The molecule has 1 aromatic rings. The molecule has 8 heteroatoms. The molecule has 178 valence electrons. The molecule has 2 aliphatic heterocycles. The van der Waals surface area contributed by atoms with Gasteiger partial charge in [0.2, 0.25) is 15.9 Å². The number of hydrogen-bond donors (Lipinski definition) is 1. The van der Waals surface area contributed by atoms with Crippen molar-refractivity contribution in [2.24, 2.45) is 5.92 Å². The van der Waals surface area contributed by atoms with E-state index in [-0.39, 0.29) is 30.0 Å². The van der Waals surface area contributed by atoms with E-state index in [1.807, 2.05) is 11.0 Å². The van der Waals surface area contributed by atoms with Crippen LogP contribution in [-0.2, 0) is 24.3 Å². The number of hydrogen-bond acceptors (Lipinski definition) is 5. The Balaban J connectivity index is 1.38. The molecule has 32 heavy (non-hydrogen) atoms. The van der Waals surface area contributed by atoms with Crippen molar-refractivity contribution in [1.29, 1.82) is 0 Å². The highest BCUT2D eigenvalue weighted by Gasteiger charge is 2.39. The van der Waals surface area contributed by atoms with Gasteiger partial charge >= 0.3 is 0 Å². The molecule has 3 atom stereocenters. The number of nitrogens with zero attached hydrogens (tertiary/aromatic N) is 1. The Bertz CT molecular complexity index is 848. The molecule has 1 N–H and O–H groups in total. The summed E-state index contributed by atoms with van der Waals surface area (Å²) in [6, 6.07) is 10.0. The van der Waals surface area contributed by atoms with Gasteiger partial charge < -0.3 is 14.4 Å². The average molecular weight is 465 g/mol. The second kappa shape index (κ2) is 10.6. The predicted octanol–water partition coefficient (Wildman–Crippen LogP) is 2.67. The molecule has 1 aliphatic carbocycles. The molecule has 0 spiro atoms. The molecule has 1 amide bonds. The molecular formula is C24H36N2O5S. The van der Waals surface area contributed by atoms with Crippen molar-refractivity contribution in [3.8, 4) is 0 Å². The number of benzene rings is 1. The van der Waals surface area contributed by atoms with Crippen LogP contribution in [0.2, 0.25) is 0 Å². The van der Waals surface area contributed by atoms with Gasteiger partial charge in [0.15, 0.2) is 0 Å². The van der Waals surface area contributed by atoms with Crippen LogP contribution < -0.4 is 4.72 Å². The number of likely N-dealkylation sites (tertiary alicyclic amines) is 1. The van der Waals surface area contributed by atoms with Crippen LogP contribution in [0.3, 0.4) is 0 Å². The fourth-order valence-electron chi connectivity index (χ4n) is 5.44. The molecule has 2 heterocycles. The Hall–Kier alpha value is -1.48. The molecule has 1 saturated carbocycles. The number of piperidine rings is 1. The van der Waals surface area contributed by atoms with Crippen molar-refractivity contribution in [2.75, 3.05) is 32.6 Å². The van der Waals surface area contributed by atoms with Crippen LogP contribution >= 0.6 is 0 Å². The summed E-state index contributed by atoms with van der Waals surface area (Å²) in [7, 11) is -3.37. The van der Waals surface area contributed by atoms with Crippen molar-refractivity contribution < 1.29 is 22.7 Å². The Kier molecular flexibility index (Phi) is 7.87. The molecule has 0 bridgehead atoms. The zero-order valence-corrected chi connectivity index (χ0v) is 19.8. The fourth-order valence-corrected chi connectivity index (χ4v) is 6.26. The molecule has 0 radical (unpaired) electrons. The summed E-state index contributed by atoms with van der Waals surface area (Å²) in [4.78, 5) is 15.0. The standard InChI is InChI=1S/C24H36N2O5S/c1-32(28,29)25-22-8-5-14-26(24(27)20-13-15-30-16-20)23(22)17-31-21-11-9-19(10-12-21)18-6-3-2-4-7-18/h2-4,6-7,19-23,25H,5,8-17H2,1H3/t19?,20-,21?,22+,23+/m1/s1. The number of amides is 1. The Morgan fingerprint density at radius 2 is 1.88 bits per heavy atom. The second-order valence-corrected chi connectivity index (χ2v) is 11.3. The third-order valence-electron chi connectivity index (χ3n) is 7.15. The third kappa shape index (κ3) is 6.10. The van der Waals surface area contributed by atoms with E-state index in [9.17, 15) is 13.2 Å². The van der Waals surface area contributed by atoms with Crippen LogP contribution in [0.5, 0.6) is 0 Å². The Morgan fingerprint density at radius 3 is 2.53 bits per heavy atom. The lowest BCUT2D eigenvalue weighted by molar-refractivity contribution is -0.142. The van der Waals surface area contributed by atoms with Gasteiger partial charge in [0.25, 0.3) is 0 Å². The van der Waals surface area contributed by atoms with Crippen LogP contribution in [0.1, 0.15) is 56.4 Å². The van der Waals surface area contributed by atoms with Crippen molar-refractivity contribution >= 4 is 15.9 Å². The van der Waals surface area contributed by atoms with E-state index in [4.69, 9.17) is 9.47 Å². The van der Waals surface area contributed by atoms with Crippen molar-refractivity contribution in [2.45, 2.75) is 69.1 Å². The highest BCUT2D eigenvalue weighted by Crippen LogP contribution is 2.34. The van der Waals surface area contributed by atoms with E-state index < -0.39 is 10.0 Å². The number of rotatable bonds is 7. The molecule has 2 saturated heterocycles. The smallest absolute Gasteiger partial charge is 0.228 e. The SMILES string of the molecule is CS(=O)(=O)N[C@H]1CCCN(C(=O)[C@@H]2CCOC2)[C@H]1COC1CCC(c2ccccc2)CC1. The van der Waals surface area contributed by atoms with Crippen LogP contribution in [0.25, 0.3) is 0 Å². The van der Waals surface area contributed by atoms with E-state index in [1.165, 1.54) is 11.8 Å². The van der Waals surface area contributed by atoms with Gasteiger partial charge in [-0.3, -0.25) is 4.79 Å². The van der Waals surface area contributed by atoms with E-state index in [0.717, 1.165) is 38.5 Å². The van der Waals surface area contributed by atoms with Gasteiger partial charge in [-0.2, -0.15) is 0 Å². The summed E-state index contributed by atoms with van der Waals surface area (Å²) >= 11 is 0. The number of nitrogens with one attached hydrogen (secondary N) is 1. The molecule has 0 aromatic heterocycles. The number of ether oxygens (including phenoxy) is 2. The normalized spacial score (nSPS) is 31.5. The minimum atomic E-state index is -3.37. The van der Waals surface area contributed by atoms with Gasteiger partial charge in [-0.05, 0) is 56.4 Å². The first kappa shape index (κ1) is 23.7. The zero-order valence-electron chi connectivity index (χ0n) is 18.9. The van der Waals surface area contributed by atoms with E-state index in [1.54, 1.807) is 0 Å². The Labute approximate surface area is 191 Å². The summed E-state index contributed by atoms with van der Waals surface area (Å²) in [5.74, 6) is 0.519. The molecule has 3 aliphatic rings. The van der Waals surface area contributed by atoms with E-state index >= 15 is 0 Å². The number of carbonyl (C=O) groups is 1. The van der Waals surface area contributed by atoms with Crippen LogP contribution in [-0.4, -0.2) is 70.0 Å². The molecule has 7 nitrogen and oxygen atoms in total. The van der Waals surface area contributed by atoms with Crippen molar-refractivity contribution in [1.82, 2.24) is 9.62 Å². The maximum absolute atomic E-state index is 13.2.